The summed E-state index contributed by atoms with van der Waals surface area (Å²) in [5.74, 6) is 0.969. The smallest absolute Gasteiger partial charge is 0.0605 e. The summed E-state index contributed by atoms with van der Waals surface area (Å²) in [6.45, 7) is 4.59. The van der Waals surface area contributed by atoms with Gasteiger partial charge in [-0.25, -0.2) is 0 Å². The van der Waals surface area contributed by atoms with E-state index in [1.54, 1.807) is 0 Å². The standard InChI is InChI=1S/C19H35NO2/c1-2-3-11-18-17(12-13-19(18)21)10-6-4-5-8-15-22-16-9-7-14-20/h3-4,6,11,17-19,21H,2,5,7-10,12-16,20H2,1H3/b6-4-,11-3+/t17-,18?,19+/m0/s1. The minimum absolute atomic E-state index is 0.136. The fourth-order valence-corrected chi connectivity index (χ4v) is 3.08. The molecule has 0 heterocycles. The second kappa shape index (κ2) is 12.9. The zero-order valence-electron chi connectivity index (χ0n) is 14.3. The van der Waals surface area contributed by atoms with Gasteiger partial charge in [0.05, 0.1) is 6.10 Å². The van der Waals surface area contributed by atoms with E-state index < -0.39 is 0 Å². The number of aliphatic hydroxyl groups excluding tert-OH is 1. The normalized spacial score (nSPS) is 25.7. The number of allylic oxidation sites excluding steroid dienone is 3. The fourth-order valence-electron chi connectivity index (χ4n) is 3.08. The molecule has 0 spiro atoms. The molecule has 0 saturated heterocycles. The summed E-state index contributed by atoms with van der Waals surface area (Å²) < 4.78 is 5.56. The Kier molecular flexibility index (Phi) is 11.3. The molecule has 128 valence electrons. The molecule has 0 radical (unpaired) electrons. The quantitative estimate of drug-likeness (QED) is 0.425. The molecule has 0 amide bonds. The number of unbranched alkanes of at least 4 members (excludes halogenated alkanes) is 2. The van der Waals surface area contributed by atoms with Gasteiger partial charge in [-0.3, -0.25) is 0 Å². The van der Waals surface area contributed by atoms with Crippen molar-refractivity contribution in [1.82, 2.24) is 0 Å². The molecule has 1 saturated carbocycles. The van der Waals surface area contributed by atoms with Crippen LogP contribution in [0.1, 0.15) is 58.3 Å². The first-order valence-electron chi connectivity index (χ1n) is 9.07. The highest BCUT2D eigenvalue weighted by molar-refractivity contribution is 5.01. The lowest BCUT2D eigenvalue weighted by Crippen LogP contribution is -2.16. The molecule has 1 aliphatic rings. The Morgan fingerprint density at radius 3 is 2.68 bits per heavy atom. The molecule has 3 heteroatoms. The average Bonchev–Trinajstić information content (AvgIpc) is 2.87. The van der Waals surface area contributed by atoms with Crippen LogP contribution in [0.4, 0.5) is 0 Å². The maximum absolute atomic E-state index is 10.0. The molecule has 0 bridgehead atoms. The lowest BCUT2D eigenvalue weighted by Gasteiger charge is -2.17. The van der Waals surface area contributed by atoms with Gasteiger partial charge < -0.3 is 15.6 Å². The minimum Gasteiger partial charge on any atom is -0.393 e. The fraction of sp³-hybridized carbons (Fsp3) is 0.789. The Bertz CT molecular complexity index is 315. The Balaban J connectivity index is 2.08. The molecular formula is C19H35NO2. The minimum atomic E-state index is -0.136. The van der Waals surface area contributed by atoms with E-state index in [4.69, 9.17) is 10.5 Å². The van der Waals surface area contributed by atoms with Crippen molar-refractivity contribution in [1.29, 1.82) is 0 Å². The highest BCUT2D eigenvalue weighted by atomic mass is 16.5. The second-order valence-corrected chi connectivity index (χ2v) is 6.28. The van der Waals surface area contributed by atoms with Crippen LogP contribution in [0.5, 0.6) is 0 Å². The Morgan fingerprint density at radius 1 is 1.09 bits per heavy atom. The van der Waals surface area contributed by atoms with Gasteiger partial charge in [-0.05, 0) is 63.8 Å². The lowest BCUT2D eigenvalue weighted by molar-refractivity contribution is 0.129. The van der Waals surface area contributed by atoms with Gasteiger partial charge in [0.2, 0.25) is 0 Å². The maximum atomic E-state index is 10.0. The first-order chi connectivity index (χ1) is 10.8. The van der Waals surface area contributed by atoms with E-state index in [0.717, 1.165) is 71.1 Å². The molecule has 0 aromatic carbocycles. The van der Waals surface area contributed by atoms with Gasteiger partial charge in [0.15, 0.2) is 0 Å². The molecule has 3 nitrogen and oxygen atoms in total. The Morgan fingerprint density at radius 2 is 1.91 bits per heavy atom. The molecule has 1 aliphatic carbocycles. The van der Waals surface area contributed by atoms with Crippen LogP contribution in [0.25, 0.3) is 0 Å². The van der Waals surface area contributed by atoms with Crippen molar-refractivity contribution in [2.75, 3.05) is 19.8 Å². The Hall–Kier alpha value is -0.640. The largest absolute Gasteiger partial charge is 0.393 e. The lowest BCUT2D eigenvalue weighted by atomic mass is 9.91. The number of ether oxygens (including phenoxy) is 1. The molecule has 0 aliphatic heterocycles. The van der Waals surface area contributed by atoms with Crippen LogP contribution in [0.15, 0.2) is 24.3 Å². The number of hydrogen-bond acceptors (Lipinski definition) is 3. The third kappa shape index (κ3) is 8.11. The van der Waals surface area contributed by atoms with E-state index in [9.17, 15) is 5.11 Å². The van der Waals surface area contributed by atoms with E-state index in [-0.39, 0.29) is 6.10 Å². The van der Waals surface area contributed by atoms with Crippen LogP contribution in [-0.2, 0) is 4.74 Å². The third-order valence-electron chi connectivity index (χ3n) is 4.42. The first kappa shape index (κ1) is 19.4. The van der Waals surface area contributed by atoms with E-state index in [2.05, 4.69) is 31.2 Å². The molecule has 0 aromatic heterocycles. The van der Waals surface area contributed by atoms with Crippen molar-refractivity contribution in [3.8, 4) is 0 Å². The van der Waals surface area contributed by atoms with Crippen LogP contribution < -0.4 is 5.73 Å². The SMILES string of the molecule is CC/C=C/C1[C@@H](C/C=C\CCCOCCCCN)CC[C@H]1O. The molecule has 3 N–H and O–H groups in total. The van der Waals surface area contributed by atoms with Gasteiger partial charge in [0, 0.05) is 19.1 Å². The molecule has 1 unspecified atom stereocenters. The van der Waals surface area contributed by atoms with Gasteiger partial charge in [-0.2, -0.15) is 0 Å². The maximum Gasteiger partial charge on any atom is 0.0605 e. The molecule has 1 fully saturated rings. The summed E-state index contributed by atoms with van der Waals surface area (Å²) in [6, 6.07) is 0. The van der Waals surface area contributed by atoms with Crippen molar-refractivity contribution in [2.45, 2.75) is 64.4 Å². The van der Waals surface area contributed by atoms with E-state index in [1.807, 2.05) is 0 Å². The second-order valence-electron chi connectivity index (χ2n) is 6.28. The van der Waals surface area contributed by atoms with Gasteiger partial charge >= 0.3 is 0 Å². The van der Waals surface area contributed by atoms with Crippen LogP contribution in [-0.4, -0.2) is 31.0 Å². The average molecular weight is 309 g/mol. The molecule has 22 heavy (non-hydrogen) atoms. The van der Waals surface area contributed by atoms with Gasteiger partial charge in [-0.1, -0.05) is 31.2 Å². The van der Waals surface area contributed by atoms with Crippen molar-refractivity contribution in [3.05, 3.63) is 24.3 Å². The molecule has 1 rings (SSSR count). The van der Waals surface area contributed by atoms with Crippen LogP contribution in [0.2, 0.25) is 0 Å². The number of nitrogens with two attached hydrogens (primary N) is 1. The van der Waals surface area contributed by atoms with E-state index >= 15 is 0 Å². The summed E-state index contributed by atoms with van der Waals surface area (Å²) in [4.78, 5) is 0. The van der Waals surface area contributed by atoms with Crippen LogP contribution in [0, 0.1) is 11.8 Å². The molecular weight excluding hydrogens is 274 g/mol. The summed E-state index contributed by atoms with van der Waals surface area (Å²) >= 11 is 0. The Labute approximate surface area is 136 Å². The topological polar surface area (TPSA) is 55.5 Å². The van der Waals surface area contributed by atoms with Gasteiger partial charge in [0.25, 0.3) is 0 Å². The van der Waals surface area contributed by atoms with E-state index in [1.165, 1.54) is 0 Å². The van der Waals surface area contributed by atoms with Crippen molar-refractivity contribution in [3.63, 3.8) is 0 Å². The predicted molar refractivity (Wildman–Crippen MR) is 93.8 cm³/mol. The van der Waals surface area contributed by atoms with Crippen LogP contribution in [0.3, 0.4) is 0 Å². The summed E-state index contributed by atoms with van der Waals surface area (Å²) in [5.41, 5.74) is 5.44. The monoisotopic (exact) mass is 309 g/mol. The predicted octanol–water partition coefficient (Wildman–Crippen LogP) is 3.82. The number of aliphatic hydroxyl groups is 1. The number of hydrogen-bond donors (Lipinski definition) is 2. The van der Waals surface area contributed by atoms with Gasteiger partial charge in [0.1, 0.15) is 0 Å². The zero-order chi connectivity index (χ0) is 16.0. The van der Waals surface area contributed by atoms with Crippen molar-refractivity contribution in [2.24, 2.45) is 17.6 Å². The zero-order valence-corrected chi connectivity index (χ0v) is 14.3. The third-order valence-corrected chi connectivity index (χ3v) is 4.42. The molecule has 3 atom stereocenters. The van der Waals surface area contributed by atoms with Gasteiger partial charge in [-0.15, -0.1) is 0 Å². The summed E-state index contributed by atoms with van der Waals surface area (Å²) in [5, 5.41) is 10.0. The summed E-state index contributed by atoms with van der Waals surface area (Å²) in [6.07, 6.45) is 17.4. The van der Waals surface area contributed by atoms with Crippen molar-refractivity contribution >= 4 is 0 Å². The highest BCUT2D eigenvalue weighted by Gasteiger charge is 2.31. The first-order valence-corrected chi connectivity index (χ1v) is 9.07. The van der Waals surface area contributed by atoms with Crippen LogP contribution >= 0.6 is 0 Å². The van der Waals surface area contributed by atoms with E-state index in [0.29, 0.717) is 11.8 Å². The number of rotatable bonds is 12. The highest BCUT2D eigenvalue weighted by Crippen LogP contribution is 2.35. The van der Waals surface area contributed by atoms with Crippen molar-refractivity contribution < 1.29 is 9.84 Å². The summed E-state index contributed by atoms with van der Waals surface area (Å²) in [7, 11) is 0. The molecule has 0 aromatic rings.